The Bertz CT molecular complexity index is 1770. The summed E-state index contributed by atoms with van der Waals surface area (Å²) in [4.78, 5) is 44.1. The Kier molecular flexibility index (Phi) is 11.1. The molecular weight excluding hydrogens is 720 g/mol. The van der Waals surface area contributed by atoms with E-state index in [1.54, 1.807) is 51.1 Å². The van der Waals surface area contributed by atoms with Crippen molar-refractivity contribution in [3.05, 3.63) is 81.4 Å². The second-order valence-corrected chi connectivity index (χ2v) is 12.5. The van der Waals surface area contributed by atoms with E-state index in [0.717, 1.165) is 0 Å². The molecule has 13 heteroatoms. The fourth-order valence-corrected chi connectivity index (χ4v) is 7.10. The molecule has 4 rings (SSSR count). The number of hydrogen-bond acceptors (Lipinski definition) is 10. The molecule has 1 atom stereocenters. The lowest BCUT2D eigenvalue weighted by Gasteiger charge is -2.25. The van der Waals surface area contributed by atoms with Crippen LogP contribution >= 0.6 is 43.2 Å². The van der Waals surface area contributed by atoms with Gasteiger partial charge in [0.15, 0.2) is 22.9 Å². The Hall–Kier alpha value is -3.42. The first-order chi connectivity index (χ1) is 21.0. The van der Waals surface area contributed by atoms with Crippen LogP contribution < -0.4 is 29.1 Å². The highest BCUT2D eigenvalue weighted by Crippen LogP contribution is 2.37. The molecule has 3 aromatic rings. The molecule has 1 aliphatic heterocycles. The second-order valence-electron chi connectivity index (χ2n) is 9.79. The van der Waals surface area contributed by atoms with Gasteiger partial charge in [-0.15, -0.1) is 0 Å². The zero-order valence-corrected chi connectivity index (χ0v) is 29.1. The number of benzene rings is 2. The lowest BCUT2D eigenvalue weighted by atomic mass is 9.95. The van der Waals surface area contributed by atoms with Crippen molar-refractivity contribution in [1.29, 1.82) is 0 Å². The molecule has 44 heavy (non-hydrogen) atoms. The number of esters is 2. The molecule has 10 nitrogen and oxygen atoms in total. The van der Waals surface area contributed by atoms with Gasteiger partial charge < -0.3 is 23.7 Å². The number of ether oxygens (including phenoxy) is 5. The number of fused-ring (bicyclic) bond motifs is 1. The standard InChI is InChI=1S/C31H32Br2N2O8S/c1-7-40-25(36)15-42-28-20(32)11-18(12-21(28)33)13-24-29(37)35-27(19-9-10-22(43-16(3)4)23(14-19)39-6)26(30(38)41-8-2)17(5)34-31(35)44-24/h9-14,16,27H,7-8,15H2,1-6H3/b24-13-/t27-/m0/s1. The number of aromatic nitrogens is 1. The van der Waals surface area contributed by atoms with Crippen molar-refractivity contribution < 1.29 is 33.3 Å². The maximum Gasteiger partial charge on any atom is 0.344 e. The van der Waals surface area contributed by atoms with Gasteiger partial charge in [-0.1, -0.05) is 17.4 Å². The maximum absolute atomic E-state index is 14.0. The fraction of sp³-hybridized carbons (Fsp3) is 0.355. The average molecular weight is 752 g/mol. The van der Waals surface area contributed by atoms with Crippen molar-refractivity contribution in [1.82, 2.24) is 4.57 Å². The molecule has 1 aromatic heterocycles. The number of carbonyl (C=O) groups is 2. The largest absolute Gasteiger partial charge is 0.493 e. The lowest BCUT2D eigenvalue weighted by Crippen LogP contribution is -2.40. The highest BCUT2D eigenvalue weighted by atomic mass is 79.9. The Morgan fingerprint density at radius 1 is 1.07 bits per heavy atom. The third kappa shape index (κ3) is 7.27. The molecule has 0 fully saturated rings. The molecule has 0 saturated heterocycles. The average Bonchev–Trinajstić information content (AvgIpc) is 3.25. The minimum atomic E-state index is -0.813. The molecule has 0 unspecified atom stereocenters. The number of halogens is 2. The van der Waals surface area contributed by atoms with Crippen LogP contribution in [0, 0.1) is 0 Å². The van der Waals surface area contributed by atoms with E-state index in [2.05, 4.69) is 36.9 Å². The van der Waals surface area contributed by atoms with E-state index < -0.39 is 18.0 Å². The van der Waals surface area contributed by atoms with E-state index in [1.807, 2.05) is 19.9 Å². The SMILES string of the molecule is CCOC(=O)COc1c(Br)cc(/C=c2\sc3n(c2=O)[C@@H](c2ccc(OC(C)C)c(OC)c2)C(C(=O)OCC)=C(C)N=3)cc1Br. The normalized spacial score (nSPS) is 14.7. The first-order valence-corrected chi connectivity index (χ1v) is 16.2. The quantitative estimate of drug-likeness (QED) is 0.250. The predicted octanol–water partition coefficient (Wildman–Crippen LogP) is 5.06. The van der Waals surface area contributed by atoms with E-state index >= 15 is 0 Å². The second kappa shape index (κ2) is 14.6. The minimum absolute atomic E-state index is 0.0806. The molecule has 2 heterocycles. The Labute approximate surface area is 275 Å². The summed E-state index contributed by atoms with van der Waals surface area (Å²) >= 11 is 8.19. The molecule has 0 spiro atoms. The van der Waals surface area contributed by atoms with Gasteiger partial charge in [0.25, 0.3) is 5.56 Å². The van der Waals surface area contributed by atoms with Gasteiger partial charge in [0, 0.05) is 0 Å². The smallest absolute Gasteiger partial charge is 0.344 e. The maximum atomic E-state index is 14.0. The van der Waals surface area contributed by atoms with Gasteiger partial charge in [0.2, 0.25) is 0 Å². The molecule has 234 valence electrons. The topological polar surface area (TPSA) is 115 Å². The molecule has 1 aliphatic rings. The molecule has 0 aliphatic carbocycles. The molecule has 0 saturated carbocycles. The minimum Gasteiger partial charge on any atom is -0.493 e. The van der Waals surface area contributed by atoms with Crippen LogP contribution in [0.4, 0.5) is 0 Å². The summed E-state index contributed by atoms with van der Waals surface area (Å²) in [5.74, 6) is 0.397. The fourth-order valence-electron chi connectivity index (χ4n) is 4.60. The number of thiazole rings is 1. The molecule has 0 N–H and O–H groups in total. The molecule has 2 aromatic carbocycles. The van der Waals surface area contributed by atoms with Crippen LogP contribution in [0.2, 0.25) is 0 Å². The van der Waals surface area contributed by atoms with Crippen molar-refractivity contribution in [2.45, 2.75) is 46.8 Å². The number of allylic oxidation sites excluding steroid dienone is 1. The van der Waals surface area contributed by atoms with Crippen molar-refractivity contribution in [3.63, 3.8) is 0 Å². The van der Waals surface area contributed by atoms with Crippen molar-refractivity contribution in [2.75, 3.05) is 26.9 Å². The summed E-state index contributed by atoms with van der Waals surface area (Å²) in [6, 6.07) is 8.07. The van der Waals surface area contributed by atoms with Gasteiger partial charge in [0.05, 0.1) is 57.2 Å². The van der Waals surface area contributed by atoms with Crippen LogP contribution in [0.1, 0.15) is 51.8 Å². The highest BCUT2D eigenvalue weighted by Gasteiger charge is 2.34. The van der Waals surface area contributed by atoms with Crippen LogP contribution in [0.25, 0.3) is 6.08 Å². The zero-order chi connectivity index (χ0) is 32.1. The third-order valence-corrected chi connectivity index (χ3v) is 8.50. The van der Waals surface area contributed by atoms with Crippen LogP contribution in [0.3, 0.4) is 0 Å². The van der Waals surface area contributed by atoms with Gasteiger partial charge in [-0.2, -0.15) is 0 Å². The van der Waals surface area contributed by atoms with Crippen LogP contribution in [-0.4, -0.2) is 49.5 Å². The number of methoxy groups -OCH3 is 1. The monoisotopic (exact) mass is 750 g/mol. The third-order valence-electron chi connectivity index (χ3n) is 6.34. The Balaban J connectivity index is 1.83. The summed E-state index contributed by atoms with van der Waals surface area (Å²) in [5.41, 5.74) is 1.71. The van der Waals surface area contributed by atoms with Gasteiger partial charge >= 0.3 is 11.9 Å². The van der Waals surface area contributed by atoms with Crippen molar-refractivity contribution in [2.24, 2.45) is 4.99 Å². The van der Waals surface area contributed by atoms with Crippen LogP contribution in [0.5, 0.6) is 17.2 Å². The first-order valence-electron chi connectivity index (χ1n) is 13.8. The van der Waals surface area contributed by atoms with E-state index in [1.165, 1.54) is 23.0 Å². The number of nitrogens with zero attached hydrogens (tertiary/aromatic N) is 2. The van der Waals surface area contributed by atoms with E-state index in [4.69, 9.17) is 23.7 Å². The van der Waals surface area contributed by atoms with E-state index in [-0.39, 0.29) is 37.1 Å². The van der Waals surface area contributed by atoms with Gasteiger partial charge in [-0.25, -0.2) is 14.6 Å². The van der Waals surface area contributed by atoms with Crippen LogP contribution in [0.15, 0.2) is 60.3 Å². The van der Waals surface area contributed by atoms with Crippen LogP contribution in [-0.2, 0) is 19.1 Å². The highest BCUT2D eigenvalue weighted by molar-refractivity contribution is 9.11. The number of hydrogen-bond donors (Lipinski definition) is 0. The summed E-state index contributed by atoms with van der Waals surface area (Å²) in [5, 5.41) is 0. The molecule has 0 radical (unpaired) electrons. The predicted molar refractivity (Wildman–Crippen MR) is 173 cm³/mol. The Morgan fingerprint density at radius 3 is 2.36 bits per heavy atom. The van der Waals surface area contributed by atoms with Gasteiger partial charge in [0.1, 0.15) is 5.75 Å². The summed E-state index contributed by atoms with van der Waals surface area (Å²) in [7, 11) is 1.54. The molecular formula is C31H32Br2N2O8S. The first kappa shape index (κ1) is 33.5. The molecule has 0 amide bonds. The Morgan fingerprint density at radius 2 is 1.75 bits per heavy atom. The van der Waals surface area contributed by atoms with E-state index in [9.17, 15) is 14.4 Å². The van der Waals surface area contributed by atoms with Crippen molar-refractivity contribution in [3.8, 4) is 17.2 Å². The molecule has 0 bridgehead atoms. The van der Waals surface area contributed by atoms with Gasteiger partial charge in [-0.3, -0.25) is 9.36 Å². The summed E-state index contributed by atoms with van der Waals surface area (Å²) in [6.45, 7) is 9.18. The number of rotatable bonds is 11. The van der Waals surface area contributed by atoms with Crippen molar-refractivity contribution >= 4 is 61.2 Å². The lowest BCUT2D eigenvalue weighted by molar-refractivity contribution is -0.145. The van der Waals surface area contributed by atoms with Gasteiger partial charge in [-0.05, 0) is 108 Å². The van der Waals surface area contributed by atoms with E-state index in [0.29, 0.717) is 52.4 Å². The number of carbonyl (C=O) groups excluding carboxylic acids is 2. The summed E-state index contributed by atoms with van der Waals surface area (Å²) in [6.07, 6.45) is 1.65. The summed E-state index contributed by atoms with van der Waals surface area (Å²) < 4.78 is 30.5. The zero-order valence-electron chi connectivity index (χ0n) is 25.1.